The maximum atomic E-state index is 12.1. The number of amides is 2. The summed E-state index contributed by atoms with van der Waals surface area (Å²) in [5.74, 6) is -2.09. The Morgan fingerprint density at radius 3 is 2.78 bits per heavy atom. The van der Waals surface area contributed by atoms with Crippen molar-refractivity contribution in [3.63, 3.8) is 0 Å². The smallest absolute Gasteiger partial charge is 0.337 e. The number of benzene rings is 1. The monoisotopic (exact) mass is 321 g/mol. The number of carbonyl (C=O) groups excluding carboxylic acids is 2. The highest BCUT2D eigenvalue weighted by atomic mass is 16.4. The van der Waals surface area contributed by atoms with E-state index in [0.717, 1.165) is 12.6 Å². The lowest BCUT2D eigenvalue weighted by molar-refractivity contribution is -0.155. The van der Waals surface area contributed by atoms with Gasteiger partial charge in [-0.05, 0) is 25.1 Å². The Labute approximate surface area is 133 Å². The minimum atomic E-state index is -2.05. The summed E-state index contributed by atoms with van der Waals surface area (Å²) >= 11 is 0. The van der Waals surface area contributed by atoms with Crippen LogP contribution in [0, 0.1) is 0 Å². The molecule has 0 spiro atoms. The summed E-state index contributed by atoms with van der Waals surface area (Å²) < 4.78 is 0. The van der Waals surface area contributed by atoms with Gasteiger partial charge < -0.3 is 25.7 Å². The largest absolute Gasteiger partial charge is 0.479 e. The van der Waals surface area contributed by atoms with Crippen LogP contribution in [0.15, 0.2) is 18.2 Å². The average molecular weight is 321 g/mol. The SMILES string of the molecule is CN1CCC(=O)Nc2cc(C(=O)NCC(C)(O)C(=O)O)ccc21. The average Bonchev–Trinajstić information content (AvgIpc) is 2.63. The molecule has 1 aliphatic rings. The number of rotatable bonds is 4. The molecule has 8 heteroatoms. The summed E-state index contributed by atoms with van der Waals surface area (Å²) in [6, 6.07) is 4.82. The van der Waals surface area contributed by atoms with Gasteiger partial charge in [-0.3, -0.25) is 9.59 Å². The minimum Gasteiger partial charge on any atom is -0.479 e. The predicted octanol–water partition coefficient (Wildman–Crippen LogP) is 0.0304. The van der Waals surface area contributed by atoms with E-state index in [9.17, 15) is 19.5 Å². The van der Waals surface area contributed by atoms with Gasteiger partial charge in [-0.2, -0.15) is 0 Å². The second kappa shape index (κ2) is 6.25. The molecule has 2 rings (SSSR count). The molecular formula is C15H19N3O5. The second-order valence-corrected chi connectivity index (χ2v) is 5.71. The molecule has 1 aromatic carbocycles. The van der Waals surface area contributed by atoms with Crippen molar-refractivity contribution in [3.8, 4) is 0 Å². The Hall–Kier alpha value is -2.61. The number of nitrogens with one attached hydrogen (secondary N) is 2. The highest BCUT2D eigenvalue weighted by Gasteiger charge is 2.30. The molecule has 0 radical (unpaired) electrons. The van der Waals surface area contributed by atoms with Crippen molar-refractivity contribution in [2.24, 2.45) is 0 Å². The van der Waals surface area contributed by atoms with Gasteiger partial charge in [0.05, 0.1) is 17.9 Å². The van der Waals surface area contributed by atoms with Crippen LogP contribution in [0.3, 0.4) is 0 Å². The van der Waals surface area contributed by atoms with Gasteiger partial charge in [-0.15, -0.1) is 0 Å². The number of carboxylic acid groups (broad SMARTS) is 1. The number of aliphatic hydroxyl groups is 1. The van der Waals surface area contributed by atoms with Crippen molar-refractivity contribution in [1.29, 1.82) is 0 Å². The fourth-order valence-corrected chi connectivity index (χ4v) is 2.14. The summed E-state index contributed by atoms with van der Waals surface area (Å²) in [4.78, 5) is 36.5. The van der Waals surface area contributed by atoms with Crippen molar-refractivity contribution in [2.45, 2.75) is 18.9 Å². The van der Waals surface area contributed by atoms with Crippen LogP contribution < -0.4 is 15.5 Å². The van der Waals surface area contributed by atoms with Crippen LogP contribution in [0.4, 0.5) is 11.4 Å². The van der Waals surface area contributed by atoms with Crippen LogP contribution in [0.25, 0.3) is 0 Å². The molecule has 0 fully saturated rings. The minimum absolute atomic E-state index is 0.137. The first-order chi connectivity index (χ1) is 10.7. The molecule has 0 bridgehead atoms. The van der Waals surface area contributed by atoms with Gasteiger partial charge in [0.2, 0.25) is 5.91 Å². The number of anilines is 2. The normalized spacial score (nSPS) is 16.7. The van der Waals surface area contributed by atoms with Gasteiger partial charge in [0.25, 0.3) is 5.91 Å². The summed E-state index contributed by atoms with van der Waals surface area (Å²) in [7, 11) is 1.85. The first kappa shape index (κ1) is 16.8. The highest BCUT2D eigenvalue weighted by Crippen LogP contribution is 2.28. The third kappa shape index (κ3) is 3.78. The molecule has 8 nitrogen and oxygen atoms in total. The summed E-state index contributed by atoms with van der Waals surface area (Å²) in [5.41, 5.74) is -0.464. The molecule has 1 aromatic rings. The second-order valence-electron chi connectivity index (χ2n) is 5.71. The fourth-order valence-electron chi connectivity index (χ4n) is 2.14. The van der Waals surface area contributed by atoms with Gasteiger partial charge in [-0.1, -0.05) is 0 Å². The van der Waals surface area contributed by atoms with Gasteiger partial charge in [0, 0.05) is 25.6 Å². The molecule has 1 aliphatic heterocycles. The van der Waals surface area contributed by atoms with Crippen molar-refractivity contribution in [2.75, 3.05) is 30.4 Å². The lowest BCUT2D eigenvalue weighted by Gasteiger charge is -2.20. The van der Waals surface area contributed by atoms with Gasteiger partial charge in [0.1, 0.15) is 0 Å². The topological polar surface area (TPSA) is 119 Å². The molecular weight excluding hydrogens is 302 g/mol. The zero-order valence-electron chi connectivity index (χ0n) is 12.9. The third-order valence-electron chi connectivity index (χ3n) is 3.67. The van der Waals surface area contributed by atoms with Gasteiger partial charge >= 0.3 is 5.97 Å². The van der Waals surface area contributed by atoms with Crippen molar-refractivity contribution < 1.29 is 24.6 Å². The van der Waals surface area contributed by atoms with Crippen LogP contribution >= 0.6 is 0 Å². The Morgan fingerprint density at radius 1 is 1.43 bits per heavy atom. The molecule has 1 heterocycles. The number of carbonyl (C=O) groups is 3. The summed E-state index contributed by atoms with van der Waals surface area (Å²) in [6.07, 6.45) is 0.355. The first-order valence-corrected chi connectivity index (χ1v) is 7.10. The fraction of sp³-hybridized carbons (Fsp3) is 0.400. The molecule has 124 valence electrons. The Kier molecular flexibility index (Phi) is 4.55. The zero-order chi connectivity index (χ0) is 17.2. The molecule has 1 unspecified atom stereocenters. The standard InChI is InChI=1S/C15H19N3O5/c1-15(23,14(21)22)8-16-13(20)9-3-4-11-10(7-9)17-12(19)5-6-18(11)2/h3-4,7,23H,5-6,8H2,1-2H3,(H,16,20)(H,17,19)(H,21,22). The van der Waals surface area contributed by atoms with E-state index in [2.05, 4.69) is 10.6 Å². The number of carboxylic acids is 1. The number of hydrogen-bond acceptors (Lipinski definition) is 5. The van der Waals surface area contributed by atoms with Crippen LogP contribution in [-0.2, 0) is 9.59 Å². The van der Waals surface area contributed by atoms with Crippen LogP contribution in [0.2, 0.25) is 0 Å². The third-order valence-corrected chi connectivity index (χ3v) is 3.67. The maximum Gasteiger partial charge on any atom is 0.337 e. The Morgan fingerprint density at radius 2 is 2.13 bits per heavy atom. The number of aliphatic carboxylic acids is 1. The number of hydrogen-bond donors (Lipinski definition) is 4. The van der Waals surface area contributed by atoms with Gasteiger partial charge in [-0.25, -0.2) is 4.79 Å². The summed E-state index contributed by atoms with van der Waals surface area (Å²) in [6.45, 7) is 1.25. The van der Waals surface area contributed by atoms with Crippen molar-refractivity contribution in [1.82, 2.24) is 5.32 Å². The molecule has 1 atom stereocenters. The predicted molar refractivity (Wildman–Crippen MR) is 83.6 cm³/mol. The molecule has 0 saturated carbocycles. The number of nitrogens with zero attached hydrogens (tertiary/aromatic N) is 1. The maximum absolute atomic E-state index is 12.1. The first-order valence-electron chi connectivity index (χ1n) is 7.10. The van der Waals surface area contributed by atoms with Crippen LogP contribution in [0.5, 0.6) is 0 Å². The Balaban J connectivity index is 2.16. The molecule has 23 heavy (non-hydrogen) atoms. The van der Waals surface area contributed by atoms with E-state index in [-0.39, 0.29) is 11.5 Å². The van der Waals surface area contributed by atoms with Crippen LogP contribution in [-0.4, -0.2) is 53.7 Å². The highest BCUT2D eigenvalue weighted by molar-refractivity contribution is 6.01. The van der Waals surface area contributed by atoms with E-state index in [4.69, 9.17) is 5.11 Å². The molecule has 0 saturated heterocycles. The van der Waals surface area contributed by atoms with Crippen molar-refractivity contribution >= 4 is 29.2 Å². The van der Waals surface area contributed by atoms with E-state index in [1.165, 1.54) is 6.07 Å². The lowest BCUT2D eigenvalue weighted by Crippen LogP contribution is -2.46. The molecule has 0 aromatic heterocycles. The van der Waals surface area contributed by atoms with Crippen LogP contribution in [0.1, 0.15) is 23.7 Å². The van der Waals surface area contributed by atoms with Crippen molar-refractivity contribution in [3.05, 3.63) is 23.8 Å². The van der Waals surface area contributed by atoms with E-state index in [1.807, 2.05) is 11.9 Å². The van der Waals surface area contributed by atoms with E-state index in [1.54, 1.807) is 12.1 Å². The lowest BCUT2D eigenvalue weighted by atomic mass is 10.1. The summed E-state index contributed by atoms with van der Waals surface area (Å²) in [5, 5.41) is 23.5. The zero-order valence-corrected chi connectivity index (χ0v) is 12.9. The molecule has 4 N–H and O–H groups in total. The van der Waals surface area contributed by atoms with E-state index in [0.29, 0.717) is 18.7 Å². The Bertz CT molecular complexity index is 657. The molecule has 0 aliphatic carbocycles. The van der Waals surface area contributed by atoms with E-state index < -0.39 is 24.0 Å². The molecule has 2 amide bonds. The quantitative estimate of drug-likeness (QED) is 0.621. The number of fused-ring (bicyclic) bond motifs is 1. The van der Waals surface area contributed by atoms with Gasteiger partial charge in [0.15, 0.2) is 5.60 Å². The van der Waals surface area contributed by atoms with E-state index >= 15 is 0 Å².